The van der Waals surface area contributed by atoms with Crippen LogP contribution in [-0.2, 0) is 0 Å². The van der Waals surface area contributed by atoms with Crippen LogP contribution in [0.3, 0.4) is 0 Å². The molecule has 0 aliphatic carbocycles. The molecule has 20 heavy (non-hydrogen) atoms. The van der Waals surface area contributed by atoms with Gasteiger partial charge in [0.2, 0.25) is 0 Å². The molecule has 2 heteroatoms. The Morgan fingerprint density at radius 1 is 0.700 bits per heavy atom. The van der Waals surface area contributed by atoms with Crippen molar-refractivity contribution in [2.24, 2.45) is 5.92 Å². The molecule has 106 valence electrons. The summed E-state index contributed by atoms with van der Waals surface area (Å²) < 4.78 is 26.1. The summed E-state index contributed by atoms with van der Waals surface area (Å²) in [4.78, 5) is 0. The van der Waals surface area contributed by atoms with Crippen molar-refractivity contribution in [3.63, 3.8) is 0 Å². The molecule has 2 aromatic rings. The third-order valence-electron chi connectivity index (χ3n) is 3.58. The summed E-state index contributed by atoms with van der Waals surface area (Å²) >= 11 is 0. The maximum Gasteiger partial charge on any atom is 0.123 e. The summed E-state index contributed by atoms with van der Waals surface area (Å²) in [6.45, 7) is 4.37. The van der Waals surface area contributed by atoms with Gasteiger partial charge in [-0.2, -0.15) is 0 Å². The summed E-state index contributed by atoms with van der Waals surface area (Å²) in [5, 5.41) is 0. The van der Waals surface area contributed by atoms with E-state index in [1.54, 1.807) is 0 Å². The lowest BCUT2D eigenvalue weighted by Gasteiger charge is -2.19. The first-order valence-corrected chi connectivity index (χ1v) is 7.07. The Balaban J connectivity index is 2.28. The average molecular weight is 274 g/mol. The van der Waals surface area contributed by atoms with Crippen LogP contribution >= 0.6 is 0 Å². The highest BCUT2D eigenvalue weighted by Crippen LogP contribution is 2.30. The standard InChI is InChI=1S/C18H20F2/c1-13(2)3-12-18(14-4-8-16(19)9-5-14)15-6-10-17(20)11-7-15/h4-11,13,18H,3,12H2,1-2H3. The van der Waals surface area contributed by atoms with Gasteiger partial charge in [0.25, 0.3) is 0 Å². The quantitative estimate of drug-likeness (QED) is 0.672. The smallest absolute Gasteiger partial charge is 0.123 e. The minimum Gasteiger partial charge on any atom is -0.207 e. The molecule has 0 bridgehead atoms. The van der Waals surface area contributed by atoms with Crippen molar-refractivity contribution < 1.29 is 8.78 Å². The van der Waals surface area contributed by atoms with Crippen LogP contribution in [-0.4, -0.2) is 0 Å². The number of halogens is 2. The largest absolute Gasteiger partial charge is 0.207 e. The number of hydrogen-bond acceptors (Lipinski definition) is 0. The lowest BCUT2D eigenvalue weighted by Crippen LogP contribution is -2.03. The Bertz CT molecular complexity index is 481. The van der Waals surface area contributed by atoms with E-state index in [1.165, 1.54) is 24.3 Å². The molecular formula is C18H20F2. The predicted octanol–water partition coefficient (Wildman–Crippen LogP) is 5.53. The first kappa shape index (κ1) is 14.7. The molecule has 0 nitrogen and oxygen atoms in total. The van der Waals surface area contributed by atoms with Gasteiger partial charge in [-0.05, 0) is 47.7 Å². The average Bonchev–Trinajstić information content (AvgIpc) is 2.42. The second-order valence-electron chi connectivity index (χ2n) is 5.63. The van der Waals surface area contributed by atoms with Crippen LogP contribution in [0.1, 0.15) is 43.7 Å². The van der Waals surface area contributed by atoms with E-state index < -0.39 is 0 Å². The fourth-order valence-electron chi connectivity index (χ4n) is 2.42. The highest BCUT2D eigenvalue weighted by molar-refractivity contribution is 5.32. The molecule has 0 saturated carbocycles. The maximum absolute atomic E-state index is 13.1. The molecule has 0 aromatic heterocycles. The lowest BCUT2D eigenvalue weighted by atomic mass is 9.86. The third kappa shape index (κ3) is 3.89. The summed E-state index contributed by atoms with van der Waals surface area (Å²) in [7, 11) is 0. The Hall–Kier alpha value is -1.70. The van der Waals surface area contributed by atoms with Crippen LogP contribution in [0.5, 0.6) is 0 Å². The SMILES string of the molecule is CC(C)CCC(c1ccc(F)cc1)c1ccc(F)cc1. The molecule has 2 aromatic carbocycles. The van der Waals surface area contributed by atoms with Crippen molar-refractivity contribution in [2.75, 3.05) is 0 Å². The van der Waals surface area contributed by atoms with Crippen molar-refractivity contribution in [3.05, 3.63) is 71.3 Å². The topological polar surface area (TPSA) is 0 Å². The van der Waals surface area contributed by atoms with E-state index in [0.717, 1.165) is 24.0 Å². The zero-order chi connectivity index (χ0) is 14.5. The highest BCUT2D eigenvalue weighted by atomic mass is 19.1. The lowest BCUT2D eigenvalue weighted by molar-refractivity contribution is 0.527. The molecule has 0 unspecified atom stereocenters. The summed E-state index contributed by atoms with van der Waals surface area (Å²) in [6, 6.07) is 13.2. The zero-order valence-electron chi connectivity index (χ0n) is 11.9. The molecular weight excluding hydrogens is 254 g/mol. The van der Waals surface area contributed by atoms with E-state index in [0.29, 0.717) is 5.92 Å². The Labute approximate surface area is 119 Å². The molecule has 0 N–H and O–H groups in total. The fraction of sp³-hybridized carbons (Fsp3) is 0.333. The molecule has 0 aliphatic heterocycles. The van der Waals surface area contributed by atoms with E-state index in [-0.39, 0.29) is 17.6 Å². The van der Waals surface area contributed by atoms with E-state index >= 15 is 0 Å². The van der Waals surface area contributed by atoms with E-state index in [1.807, 2.05) is 24.3 Å². The van der Waals surface area contributed by atoms with Gasteiger partial charge in [-0.1, -0.05) is 44.5 Å². The normalized spacial score (nSPS) is 11.3. The fourth-order valence-corrected chi connectivity index (χ4v) is 2.42. The molecule has 0 atom stereocenters. The van der Waals surface area contributed by atoms with Crippen LogP contribution in [0, 0.1) is 17.6 Å². The van der Waals surface area contributed by atoms with E-state index in [2.05, 4.69) is 13.8 Å². The van der Waals surface area contributed by atoms with Gasteiger partial charge in [0, 0.05) is 5.92 Å². The zero-order valence-corrected chi connectivity index (χ0v) is 11.9. The van der Waals surface area contributed by atoms with E-state index in [9.17, 15) is 8.78 Å². The van der Waals surface area contributed by atoms with Crippen LogP contribution < -0.4 is 0 Å². The Morgan fingerprint density at radius 3 is 1.45 bits per heavy atom. The first-order valence-electron chi connectivity index (χ1n) is 7.07. The van der Waals surface area contributed by atoms with Crippen molar-refractivity contribution in [3.8, 4) is 0 Å². The minimum absolute atomic E-state index is 0.193. The Kier molecular flexibility index (Phi) is 4.89. The molecule has 0 amide bonds. The van der Waals surface area contributed by atoms with Crippen LogP contribution in [0.2, 0.25) is 0 Å². The monoisotopic (exact) mass is 274 g/mol. The molecule has 2 rings (SSSR count). The second-order valence-corrected chi connectivity index (χ2v) is 5.63. The first-order chi connectivity index (χ1) is 9.56. The van der Waals surface area contributed by atoms with Gasteiger partial charge in [0.15, 0.2) is 0 Å². The molecule has 0 spiro atoms. The third-order valence-corrected chi connectivity index (χ3v) is 3.58. The second kappa shape index (κ2) is 6.65. The van der Waals surface area contributed by atoms with Crippen LogP contribution in [0.25, 0.3) is 0 Å². The van der Waals surface area contributed by atoms with Crippen molar-refractivity contribution in [2.45, 2.75) is 32.6 Å². The van der Waals surface area contributed by atoms with Crippen molar-refractivity contribution in [1.82, 2.24) is 0 Å². The van der Waals surface area contributed by atoms with Gasteiger partial charge in [0.1, 0.15) is 11.6 Å². The van der Waals surface area contributed by atoms with Crippen LogP contribution in [0.15, 0.2) is 48.5 Å². The van der Waals surface area contributed by atoms with Crippen LogP contribution in [0.4, 0.5) is 8.78 Å². The molecule has 0 radical (unpaired) electrons. The Morgan fingerprint density at radius 2 is 1.10 bits per heavy atom. The summed E-state index contributed by atoms with van der Waals surface area (Å²) in [6.07, 6.45) is 2.06. The summed E-state index contributed by atoms with van der Waals surface area (Å²) in [5.74, 6) is 0.350. The predicted molar refractivity (Wildman–Crippen MR) is 78.7 cm³/mol. The van der Waals surface area contributed by atoms with Gasteiger partial charge in [-0.25, -0.2) is 8.78 Å². The number of hydrogen-bond donors (Lipinski definition) is 0. The van der Waals surface area contributed by atoms with Crippen molar-refractivity contribution >= 4 is 0 Å². The molecule has 0 fully saturated rings. The van der Waals surface area contributed by atoms with Gasteiger partial charge >= 0.3 is 0 Å². The molecule has 0 heterocycles. The summed E-state index contributed by atoms with van der Waals surface area (Å²) in [5.41, 5.74) is 2.16. The van der Waals surface area contributed by atoms with Gasteiger partial charge in [0.05, 0.1) is 0 Å². The molecule has 0 aliphatic rings. The van der Waals surface area contributed by atoms with Crippen molar-refractivity contribution in [1.29, 1.82) is 0 Å². The van der Waals surface area contributed by atoms with Gasteiger partial charge in [-0.15, -0.1) is 0 Å². The number of benzene rings is 2. The molecule has 0 saturated heterocycles. The van der Waals surface area contributed by atoms with Gasteiger partial charge < -0.3 is 0 Å². The minimum atomic E-state index is -0.226. The maximum atomic E-state index is 13.1. The van der Waals surface area contributed by atoms with E-state index in [4.69, 9.17) is 0 Å². The number of rotatable bonds is 5. The highest BCUT2D eigenvalue weighted by Gasteiger charge is 2.15. The van der Waals surface area contributed by atoms with Gasteiger partial charge in [-0.3, -0.25) is 0 Å².